The van der Waals surface area contributed by atoms with Crippen molar-refractivity contribution in [2.45, 2.75) is 0 Å². The van der Waals surface area contributed by atoms with Crippen LogP contribution >= 0.6 is 22.7 Å². The van der Waals surface area contributed by atoms with Crippen LogP contribution in [0.1, 0.15) is 0 Å². The van der Waals surface area contributed by atoms with Gasteiger partial charge < -0.3 is 0 Å². The van der Waals surface area contributed by atoms with Gasteiger partial charge in [-0.25, -0.2) is 9.97 Å². The van der Waals surface area contributed by atoms with Gasteiger partial charge in [-0.3, -0.25) is 4.57 Å². The second kappa shape index (κ2) is 8.71. The van der Waals surface area contributed by atoms with Gasteiger partial charge in [-0.1, -0.05) is 109 Å². The van der Waals surface area contributed by atoms with Crippen molar-refractivity contribution < 1.29 is 0 Å². The highest BCUT2D eigenvalue weighted by molar-refractivity contribution is 7.27. The van der Waals surface area contributed by atoms with Gasteiger partial charge in [-0.2, -0.15) is 0 Å². The monoisotopic (exact) mass is 583 g/mol. The number of hydrogen-bond donors (Lipinski definition) is 0. The lowest BCUT2D eigenvalue weighted by molar-refractivity contribution is 1.02. The lowest BCUT2D eigenvalue weighted by atomic mass is 9.99. The van der Waals surface area contributed by atoms with Crippen molar-refractivity contribution in [3.8, 4) is 17.2 Å². The number of fused-ring (bicyclic) bond motifs is 13. The van der Waals surface area contributed by atoms with Gasteiger partial charge >= 0.3 is 0 Å². The molecule has 0 bridgehead atoms. The van der Waals surface area contributed by atoms with Crippen LogP contribution in [0.25, 0.3) is 90.3 Å². The van der Waals surface area contributed by atoms with Gasteiger partial charge in [0, 0.05) is 47.3 Å². The maximum atomic E-state index is 5.44. The van der Waals surface area contributed by atoms with Gasteiger partial charge in [-0.15, -0.1) is 22.7 Å². The minimum Gasteiger partial charge on any atom is -0.276 e. The Kier molecular flexibility index (Phi) is 4.75. The minimum absolute atomic E-state index is 0.707. The molecule has 3 nitrogen and oxygen atoms in total. The van der Waals surface area contributed by atoms with E-state index in [0.29, 0.717) is 5.95 Å². The fraction of sp³-hybridized carbons (Fsp3) is 0. The summed E-state index contributed by atoms with van der Waals surface area (Å²) in [5.74, 6) is 0.707. The van der Waals surface area contributed by atoms with E-state index in [1.54, 1.807) is 11.3 Å². The minimum atomic E-state index is 0.707. The van der Waals surface area contributed by atoms with E-state index < -0.39 is 0 Å². The van der Waals surface area contributed by atoms with E-state index in [1.807, 2.05) is 11.3 Å². The fourth-order valence-electron chi connectivity index (χ4n) is 6.85. The molecular weight excluding hydrogens is 563 g/mol. The number of thiophene rings is 2. The van der Waals surface area contributed by atoms with Crippen LogP contribution in [0.2, 0.25) is 0 Å². The summed E-state index contributed by atoms with van der Waals surface area (Å²) in [7, 11) is 0. The molecule has 0 unspecified atom stereocenters. The predicted octanol–water partition coefficient (Wildman–Crippen LogP) is 11.1. The molecule has 6 aromatic carbocycles. The molecule has 10 aromatic rings. The number of benzene rings is 6. The molecule has 4 aromatic heterocycles. The van der Waals surface area contributed by atoms with E-state index >= 15 is 0 Å². The molecular formula is C38H21N3S2. The van der Waals surface area contributed by atoms with E-state index in [2.05, 4.69) is 132 Å². The smallest absolute Gasteiger partial charge is 0.236 e. The van der Waals surface area contributed by atoms with Crippen LogP contribution in [0.5, 0.6) is 0 Å². The zero-order valence-corrected chi connectivity index (χ0v) is 24.4. The van der Waals surface area contributed by atoms with E-state index in [-0.39, 0.29) is 0 Å². The molecule has 0 spiro atoms. The SMILES string of the molecule is c1ccc(-c2nc(-n3c4ccccc4c4c5ccccc5c5c6ccccc6sc5c43)nc3sc4ccccc4c23)cc1. The summed E-state index contributed by atoms with van der Waals surface area (Å²) in [4.78, 5) is 11.8. The second-order valence-electron chi connectivity index (χ2n) is 10.9. The molecule has 0 fully saturated rings. The average molecular weight is 584 g/mol. The highest BCUT2D eigenvalue weighted by Gasteiger charge is 2.24. The first-order valence-corrected chi connectivity index (χ1v) is 16.0. The third-order valence-corrected chi connectivity index (χ3v) is 10.9. The van der Waals surface area contributed by atoms with Gasteiger partial charge in [0.15, 0.2) is 0 Å². The van der Waals surface area contributed by atoms with Crippen LogP contribution in [0.3, 0.4) is 0 Å². The Morgan fingerprint density at radius 1 is 0.465 bits per heavy atom. The molecule has 0 N–H and O–H groups in total. The summed E-state index contributed by atoms with van der Waals surface area (Å²) in [5, 5.41) is 9.94. The highest BCUT2D eigenvalue weighted by atomic mass is 32.1. The molecule has 200 valence electrons. The van der Waals surface area contributed by atoms with Crippen LogP contribution in [0.15, 0.2) is 127 Å². The number of hydrogen-bond acceptors (Lipinski definition) is 4. The normalized spacial score (nSPS) is 12.2. The third-order valence-electron chi connectivity index (χ3n) is 8.63. The van der Waals surface area contributed by atoms with Crippen LogP contribution in [0.4, 0.5) is 0 Å². The van der Waals surface area contributed by atoms with Gasteiger partial charge in [0.1, 0.15) is 4.83 Å². The molecule has 5 heteroatoms. The van der Waals surface area contributed by atoms with Crippen molar-refractivity contribution in [2.75, 3.05) is 0 Å². The Morgan fingerprint density at radius 3 is 1.81 bits per heavy atom. The van der Waals surface area contributed by atoms with Crippen molar-refractivity contribution >= 4 is 95.7 Å². The first kappa shape index (κ1) is 23.5. The molecule has 0 saturated carbocycles. The summed E-state index contributed by atoms with van der Waals surface area (Å²) >= 11 is 3.61. The number of nitrogens with zero attached hydrogens (tertiary/aromatic N) is 3. The molecule has 4 heterocycles. The zero-order chi connectivity index (χ0) is 28.1. The highest BCUT2D eigenvalue weighted by Crippen LogP contribution is 2.48. The maximum absolute atomic E-state index is 5.44. The standard InChI is InChI=1S/C38H21N3S2/c1-2-12-22(13-3-1)34-33-27-18-8-11-21-30(27)43-37(33)40-38(39-34)41-28-19-9-6-16-25(28)31-23-14-4-5-15-24(23)32-26-17-7-10-20-29(26)42-36(32)35(31)41/h1-21H. The van der Waals surface area contributed by atoms with Crippen molar-refractivity contribution in [3.63, 3.8) is 0 Å². The quantitative estimate of drug-likeness (QED) is 0.203. The first-order valence-electron chi connectivity index (χ1n) is 14.4. The molecule has 0 aliphatic heterocycles. The molecule has 43 heavy (non-hydrogen) atoms. The summed E-state index contributed by atoms with van der Waals surface area (Å²) in [6, 6.07) is 45.5. The number of para-hydroxylation sites is 1. The van der Waals surface area contributed by atoms with Crippen molar-refractivity contribution in [1.82, 2.24) is 14.5 Å². The average Bonchev–Trinajstić information content (AvgIpc) is 3.74. The zero-order valence-electron chi connectivity index (χ0n) is 22.8. The Bertz CT molecular complexity index is 2730. The van der Waals surface area contributed by atoms with Crippen LogP contribution in [0, 0.1) is 0 Å². The molecule has 0 saturated heterocycles. The molecule has 0 aliphatic rings. The molecule has 0 amide bonds. The Morgan fingerprint density at radius 2 is 1.05 bits per heavy atom. The van der Waals surface area contributed by atoms with Crippen LogP contribution in [-0.4, -0.2) is 14.5 Å². The topological polar surface area (TPSA) is 30.7 Å². The van der Waals surface area contributed by atoms with E-state index in [9.17, 15) is 0 Å². The Labute approximate surface area is 253 Å². The summed E-state index contributed by atoms with van der Waals surface area (Å²) < 4.78 is 6.11. The predicted molar refractivity (Wildman–Crippen MR) is 185 cm³/mol. The van der Waals surface area contributed by atoms with Crippen molar-refractivity contribution in [2.24, 2.45) is 0 Å². The molecule has 0 radical (unpaired) electrons. The second-order valence-corrected chi connectivity index (χ2v) is 13.0. The number of aromatic nitrogens is 3. The largest absolute Gasteiger partial charge is 0.276 e. The summed E-state index contributed by atoms with van der Waals surface area (Å²) in [6.07, 6.45) is 0. The van der Waals surface area contributed by atoms with Gasteiger partial charge in [0.2, 0.25) is 5.95 Å². The Balaban J connectivity index is 1.45. The van der Waals surface area contributed by atoms with Gasteiger partial charge in [0.25, 0.3) is 0 Å². The van der Waals surface area contributed by atoms with E-state index in [0.717, 1.165) is 27.0 Å². The summed E-state index contributed by atoms with van der Waals surface area (Å²) in [5.41, 5.74) is 4.36. The van der Waals surface area contributed by atoms with Crippen molar-refractivity contribution in [3.05, 3.63) is 127 Å². The van der Waals surface area contributed by atoms with Crippen LogP contribution in [-0.2, 0) is 0 Å². The van der Waals surface area contributed by atoms with Gasteiger partial charge in [-0.05, 0) is 29.0 Å². The fourth-order valence-corrected chi connectivity index (χ4v) is 9.18. The molecule has 0 atom stereocenters. The van der Waals surface area contributed by atoms with E-state index in [1.165, 1.54) is 57.3 Å². The van der Waals surface area contributed by atoms with Crippen LogP contribution < -0.4 is 0 Å². The van der Waals surface area contributed by atoms with E-state index in [4.69, 9.17) is 9.97 Å². The third kappa shape index (κ3) is 3.18. The Hall–Kier alpha value is -5.10. The number of rotatable bonds is 2. The first-order chi connectivity index (χ1) is 21.3. The van der Waals surface area contributed by atoms with Gasteiger partial charge in [0.05, 0.1) is 21.4 Å². The molecule has 0 aliphatic carbocycles. The summed E-state index contributed by atoms with van der Waals surface area (Å²) in [6.45, 7) is 0. The molecule has 10 rings (SSSR count). The van der Waals surface area contributed by atoms with Crippen molar-refractivity contribution in [1.29, 1.82) is 0 Å². The lowest BCUT2D eigenvalue weighted by Gasteiger charge is -2.11. The lowest BCUT2D eigenvalue weighted by Crippen LogP contribution is -2.02. The maximum Gasteiger partial charge on any atom is 0.236 e.